The third-order valence-electron chi connectivity index (χ3n) is 4.79. The molecule has 1 aromatic heterocycles. The number of carbonyl (C=O) groups is 2. The van der Waals surface area contributed by atoms with Gasteiger partial charge < -0.3 is 10.1 Å². The number of ether oxygens (including phenoxy) is 1. The van der Waals surface area contributed by atoms with Crippen molar-refractivity contribution >= 4 is 28.5 Å². The molecule has 1 saturated heterocycles. The van der Waals surface area contributed by atoms with E-state index in [1.54, 1.807) is 6.20 Å². The highest BCUT2D eigenvalue weighted by Crippen LogP contribution is 2.29. The van der Waals surface area contributed by atoms with E-state index < -0.39 is 12.1 Å². The minimum atomic E-state index is -0.539. The Morgan fingerprint density at radius 1 is 1.10 bits per heavy atom. The van der Waals surface area contributed by atoms with Gasteiger partial charge in [-0.1, -0.05) is 72.0 Å². The molecule has 0 saturated carbocycles. The van der Waals surface area contributed by atoms with Crippen molar-refractivity contribution < 1.29 is 14.3 Å². The van der Waals surface area contributed by atoms with Crippen molar-refractivity contribution in [2.45, 2.75) is 25.5 Å². The summed E-state index contributed by atoms with van der Waals surface area (Å²) in [6.07, 6.45) is 2.67. The van der Waals surface area contributed by atoms with Crippen LogP contribution in [0.2, 0.25) is 0 Å². The highest BCUT2D eigenvalue weighted by atomic mass is 32.1. The molecule has 2 aromatic carbocycles. The summed E-state index contributed by atoms with van der Waals surface area (Å²) in [5, 5.41) is 3.38. The Bertz CT molecular complexity index is 975. The van der Waals surface area contributed by atoms with Crippen molar-refractivity contribution in [2.24, 2.45) is 0 Å². The van der Waals surface area contributed by atoms with Crippen LogP contribution >= 0.6 is 11.3 Å². The second kappa shape index (κ2) is 8.87. The van der Waals surface area contributed by atoms with Crippen molar-refractivity contribution in [1.82, 2.24) is 9.88 Å². The van der Waals surface area contributed by atoms with Crippen molar-refractivity contribution in [3.05, 3.63) is 72.4 Å². The minimum absolute atomic E-state index is 0.192. The number of carbonyl (C=O) groups excluding carboxylic acids is 2. The fourth-order valence-electron chi connectivity index (χ4n) is 3.32. The Balaban J connectivity index is 1.36. The molecule has 0 unspecified atom stereocenters. The SMILES string of the molecule is O=C(Nc1ncc(-c2ccccc2)s1)[C@@H]1CCCN1C(=O)OCc1ccccc1. The normalized spacial score (nSPS) is 15.9. The van der Waals surface area contributed by atoms with E-state index in [9.17, 15) is 9.59 Å². The average Bonchev–Trinajstić information content (AvgIpc) is 3.43. The molecule has 0 aliphatic carbocycles. The summed E-state index contributed by atoms with van der Waals surface area (Å²) in [4.78, 5) is 32.0. The summed E-state index contributed by atoms with van der Waals surface area (Å²) in [7, 11) is 0. The van der Waals surface area contributed by atoms with Crippen LogP contribution in [-0.4, -0.2) is 34.5 Å². The number of aromatic nitrogens is 1. The molecule has 1 aliphatic heterocycles. The Kier molecular flexibility index (Phi) is 5.86. The van der Waals surface area contributed by atoms with Crippen molar-refractivity contribution in [3.8, 4) is 10.4 Å². The van der Waals surface area contributed by atoms with Crippen LogP contribution in [0, 0.1) is 0 Å². The molecule has 1 N–H and O–H groups in total. The van der Waals surface area contributed by atoms with E-state index >= 15 is 0 Å². The molecule has 1 fully saturated rings. The van der Waals surface area contributed by atoms with Gasteiger partial charge in [0.25, 0.3) is 0 Å². The number of hydrogen-bond donors (Lipinski definition) is 1. The lowest BCUT2D eigenvalue weighted by molar-refractivity contribution is -0.120. The lowest BCUT2D eigenvalue weighted by atomic mass is 10.2. The number of nitrogens with zero attached hydrogens (tertiary/aromatic N) is 2. The van der Waals surface area contributed by atoms with Crippen molar-refractivity contribution in [2.75, 3.05) is 11.9 Å². The zero-order valence-corrected chi connectivity index (χ0v) is 16.6. The summed E-state index contributed by atoms with van der Waals surface area (Å²) in [6.45, 7) is 0.705. The Hall–Kier alpha value is -3.19. The number of hydrogen-bond acceptors (Lipinski definition) is 5. The fraction of sp³-hybridized carbons (Fsp3) is 0.227. The molecular weight excluding hydrogens is 386 g/mol. The Labute approximate surface area is 173 Å². The molecule has 1 atom stereocenters. The molecule has 7 heteroatoms. The number of thiazole rings is 1. The Morgan fingerprint density at radius 2 is 1.83 bits per heavy atom. The van der Waals surface area contributed by atoms with Gasteiger partial charge in [0.2, 0.25) is 5.91 Å². The molecule has 148 valence electrons. The minimum Gasteiger partial charge on any atom is -0.445 e. The number of anilines is 1. The zero-order valence-electron chi connectivity index (χ0n) is 15.8. The maximum absolute atomic E-state index is 12.8. The maximum Gasteiger partial charge on any atom is 0.410 e. The molecule has 0 spiro atoms. The molecule has 1 aliphatic rings. The van der Waals surface area contributed by atoms with E-state index in [0.29, 0.717) is 18.1 Å². The van der Waals surface area contributed by atoms with E-state index in [2.05, 4.69) is 10.3 Å². The lowest BCUT2D eigenvalue weighted by Gasteiger charge is -2.22. The first kappa shape index (κ1) is 19.1. The molecule has 29 heavy (non-hydrogen) atoms. The number of amides is 2. The van der Waals surface area contributed by atoms with Gasteiger partial charge in [0.05, 0.1) is 4.88 Å². The first-order chi connectivity index (χ1) is 14.2. The summed E-state index contributed by atoms with van der Waals surface area (Å²) in [5.74, 6) is -0.229. The molecule has 6 nitrogen and oxygen atoms in total. The van der Waals surface area contributed by atoms with E-state index in [1.807, 2.05) is 60.7 Å². The van der Waals surface area contributed by atoms with E-state index in [0.717, 1.165) is 22.4 Å². The van der Waals surface area contributed by atoms with Gasteiger partial charge in [-0.3, -0.25) is 9.69 Å². The number of nitrogens with one attached hydrogen (secondary N) is 1. The second-order valence-electron chi connectivity index (χ2n) is 6.78. The highest BCUT2D eigenvalue weighted by molar-refractivity contribution is 7.19. The maximum atomic E-state index is 12.8. The van der Waals surface area contributed by atoms with E-state index in [1.165, 1.54) is 16.2 Å². The van der Waals surface area contributed by atoms with Gasteiger partial charge in [-0.05, 0) is 24.0 Å². The van der Waals surface area contributed by atoms with Crippen LogP contribution in [0.25, 0.3) is 10.4 Å². The van der Waals surface area contributed by atoms with Crippen molar-refractivity contribution in [3.63, 3.8) is 0 Å². The molecule has 2 amide bonds. The van der Waals surface area contributed by atoms with Crippen LogP contribution in [0.15, 0.2) is 66.9 Å². The second-order valence-corrected chi connectivity index (χ2v) is 7.81. The fourth-order valence-corrected chi connectivity index (χ4v) is 4.14. The molecule has 0 bridgehead atoms. The van der Waals surface area contributed by atoms with Crippen LogP contribution in [0.3, 0.4) is 0 Å². The zero-order chi connectivity index (χ0) is 20.1. The average molecular weight is 407 g/mol. The Morgan fingerprint density at radius 3 is 2.59 bits per heavy atom. The van der Waals surface area contributed by atoms with Crippen LogP contribution in [0.4, 0.5) is 9.93 Å². The first-order valence-corrected chi connectivity index (χ1v) is 10.3. The molecule has 0 radical (unpaired) electrons. The topological polar surface area (TPSA) is 71.5 Å². The van der Waals surface area contributed by atoms with Gasteiger partial charge in [-0.2, -0.15) is 0 Å². The van der Waals surface area contributed by atoms with Gasteiger partial charge in [0.1, 0.15) is 12.6 Å². The van der Waals surface area contributed by atoms with Crippen molar-refractivity contribution in [1.29, 1.82) is 0 Å². The van der Waals surface area contributed by atoms with Crippen LogP contribution in [0.1, 0.15) is 18.4 Å². The standard InChI is InChI=1S/C22H21N3O3S/c26-20(24-21-23-14-19(29-21)17-10-5-2-6-11-17)18-12-7-13-25(18)22(27)28-15-16-8-3-1-4-9-16/h1-6,8-11,14,18H,7,12-13,15H2,(H,23,24,26)/t18-/m0/s1. The number of benzene rings is 2. The highest BCUT2D eigenvalue weighted by Gasteiger charge is 2.35. The third kappa shape index (κ3) is 4.63. The van der Waals surface area contributed by atoms with Crippen LogP contribution in [-0.2, 0) is 16.1 Å². The van der Waals surface area contributed by atoms with Gasteiger partial charge in [0, 0.05) is 12.7 Å². The van der Waals surface area contributed by atoms with Gasteiger partial charge in [0.15, 0.2) is 5.13 Å². The van der Waals surface area contributed by atoms with Crippen LogP contribution in [0.5, 0.6) is 0 Å². The van der Waals surface area contributed by atoms with Gasteiger partial charge in [-0.25, -0.2) is 9.78 Å². The third-order valence-corrected chi connectivity index (χ3v) is 5.75. The largest absolute Gasteiger partial charge is 0.445 e. The summed E-state index contributed by atoms with van der Waals surface area (Å²) in [5.41, 5.74) is 1.97. The molecule has 4 rings (SSSR count). The van der Waals surface area contributed by atoms with E-state index in [-0.39, 0.29) is 12.5 Å². The first-order valence-electron chi connectivity index (χ1n) is 9.50. The summed E-state index contributed by atoms with van der Waals surface area (Å²) < 4.78 is 5.40. The van der Waals surface area contributed by atoms with Crippen LogP contribution < -0.4 is 5.32 Å². The lowest BCUT2D eigenvalue weighted by Crippen LogP contribution is -2.43. The summed E-state index contributed by atoms with van der Waals surface area (Å²) in [6, 6.07) is 18.8. The quantitative estimate of drug-likeness (QED) is 0.674. The number of rotatable bonds is 5. The van der Waals surface area contributed by atoms with E-state index in [4.69, 9.17) is 4.74 Å². The van der Waals surface area contributed by atoms with Gasteiger partial charge in [-0.15, -0.1) is 0 Å². The number of likely N-dealkylation sites (tertiary alicyclic amines) is 1. The smallest absolute Gasteiger partial charge is 0.410 e. The summed E-state index contributed by atoms with van der Waals surface area (Å²) >= 11 is 1.41. The molecule has 3 aromatic rings. The molecular formula is C22H21N3O3S. The molecule has 2 heterocycles. The van der Waals surface area contributed by atoms with Gasteiger partial charge >= 0.3 is 6.09 Å². The predicted molar refractivity (Wildman–Crippen MR) is 113 cm³/mol. The predicted octanol–water partition coefficient (Wildman–Crippen LogP) is 4.55. The monoisotopic (exact) mass is 407 g/mol.